The predicted molar refractivity (Wildman–Crippen MR) is 89.7 cm³/mol. The van der Waals surface area contributed by atoms with Crippen LogP contribution in [0.2, 0.25) is 0 Å². The summed E-state index contributed by atoms with van der Waals surface area (Å²) in [5.74, 6) is 1.63. The lowest BCUT2D eigenvalue weighted by Gasteiger charge is -2.21. The summed E-state index contributed by atoms with van der Waals surface area (Å²) in [6.45, 7) is 16.9. The molecule has 1 aromatic carbocycles. The van der Waals surface area contributed by atoms with Gasteiger partial charge in [-0.1, -0.05) is 46.8 Å². The molecule has 0 amide bonds. The van der Waals surface area contributed by atoms with Gasteiger partial charge in [0.15, 0.2) is 0 Å². The lowest BCUT2D eigenvalue weighted by Crippen LogP contribution is -2.25. The number of hydrogen-bond donors (Lipinski definition) is 1. The highest BCUT2D eigenvalue weighted by Gasteiger charge is 2.67. The maximum Gasteiger partial charge on any atom is 0.119 e. The summed E-state index contributed by atoms with van der Waals surface area (Å²) in [6.07, 6.45) is 0.224. The zero-order valence-corrected chi connectivity index (χ0v) is 14.7. The lowest BCUT2D eigenvalue weighted by atomic mass is 9.96. The van der Waals surface area contributed by atoms with Gasteiger partial charge in [0.2, 0.25) is 0 Å². The molecular formula is C19H31NO. The molecule has 0 aliphatic heterocycles. The van der Waals surface area contributed by atoms with Crippen LogP contribution >= 0.6 is 0 Å². The maximum atomic E-state index is 5.75. The number of hydrogen-bond acceptors (Lipinski definition) is 2. The molecule has 0 bridgehead atoms. The van der Waals surface area contributed by atoms with Crippen molar-refractivity contribution in [3.8, 4) is 5.75 Å². The van der Waals surface area contributed by atoms with Crippen LogP contribution in [0.5, 0.6) is 5.75 Å². The molecule has 0 spiro atoms. The second-order valence-corrected chi connectivity index (χ2v) is 7.69. The van der Waals surface area contributed by atoms with E-state index in [0.29, 0.717) is 22.8 Å². The Morgan fingerprint density at radius 1 is 1.05 bits per heavy atom. The Bertz CT molecular complexity index is 459. The molecule has 0 heterocycles. The Labute approximate surface area is 130 Å². The highest BCUT2D eigenvalue weighted by Crippen LogP contribution is 2.72. The van der Waals surface area contributed by atoms with Gasteiger partial charge < -0.3 is 10.1 Å². The van der Waals surface area contributed by atoms with Gasteiger partial charge in [-0.25, -0.2) is 0 Å². The summed E-state index contributed by atoms with van der Waals surface area (Å²) in [7, 11) is 0. The van der Waals surface area contributed by atoms with Gasteiger partial charge in [0.1, 0.15) is 5.75 Å². The molecule has 1 aromatic rings. The first kappa shape index (κ1) is 16.4. The minimum Gasteiger partial charge on any atom is -0.491 e. The molecule has 1 aliphatic carbocycles. The van der Waals surface area contributed by atoms with Crippen molar-refractivity contribution in [2.24, 2.45) is 16.7 Å². The highest BCUT2D eigenvalue weighted by molar-refractivity contribution is 5.32. The quantitative estimate of drug-likeness (QED) is 0.811. The summed E-state index contributed by atoms with van der Waals surface area (Å²) in [6, 6.07) is 9.06. The van der Waals surface area contributed by atoms with Gasteiger partial charge in [-0.3, -0.25) is 0 Å². The summed E-state index contributed by atoms with van der Waals surface area (Å²) < 4.78 is 5.75. The van der Waals surface area contributed by atoms with Crippen LogP contribution in [-0.2, 0) is 0 Å². The predicted octanol–water partition coefficient (Wildman–Crippen LogP) is 4.81. The van der Waals surface area contributed by atoms with E-state index in [9.17, 15) is 0 Å². The van der Waals surface area contributed by atoms with Gasteiger partial charge in [0.05, 0.1) is 6.10 Å². The first-order valence-electron chi connectivity index (χ1n) is 8.21. The number of benzene rings is 1. The van der Waals surface area contributed by atoms with Gasteiger partial charge in [-0.05, 0) is 54.8 Å². The van der Waals surface area contributed by atoms with E-state index in [1.165, 1.54) is 5.56 Å². The van der Waals surface area contributed by atoms with Crippen LogP contribution in [0.1, 0.15) is 60.1 Å². The van der Waals surface area contributed by atoms with Crippen molar-refractivity contribution < 1.29 is 4.74 Å². The Morgan fingerprint density at radius 3 is 1.95 bits per heavy atom. The van der Waals surface area contributed by atoms with E-state index >= 15 is 0 Å². The van der Waals surface area contributed by atoms with Crippen molar-refractivity contribution in [1.29, 1.82) is 0 Å². The fraction of sp³-hybridized carbons (Fsp3) is 0.684. The van der Waals surface area contributed by atoms with Gasteiger partial charge in [-0.15, -0.1) is 0 Å². The van der Waals surface area contributed by atoms with E-state index in [-0.39, 0.29) is 6.10 Å². The summed E-state index contributed by atoms with van der Waals surface area (Å²) in [5, 5.41) is 3.69. The zero-order valence-electron chi connectivity index (χ0n) is 14.7. The largest absolute Gasteiger partial charge is 0.491 e. The monoisotopic (exact) mass is 289 g/mol. The Balaban J connectivity index is 2.20. The third-order valence-electron chi connectivity index (χ3n) is 5.50. The normalized spacial score (nSPS) is 21.3. The molecule has 1 saturated carbocycles. The molecule has 1 atom stereocenters. The van der Waals surface area contributed by atoms with Crippen LogP contribution in [0.25, 0.3) is 0 Å². The van der Waals surface area contributed by atoms with E-state index in [1.807, 2.05) is 0 Å². The minimum absolute atomic E-state index is 0.224. The van der Waals surface area contributed by atoms with Crippen LogP contribution in [0.4, 0.5) is 0 Å². The standard InChI is InChI=1S/C19H31NO/c1-8-20-16(17-18(4,5)19(17,6)7)14-9-11-15(12-10-14)21-13(2)3/h9-13,16-17,20H,8H2,1-7H3. The fourth-order valence-corrected chi connectivity index (χ4v) is 3.75. The molecule has 1 unspecified atom stereocenters. The van der Waals surface area contributed by atoms with Gasteiger partial charge in [-0.2, -0.15) is 0 Å². The molecule has 0 radical (unpaired) electrons. The first-order chi connectivity index (χ1) is 9.71. The lowest BCUT2D eigenvalue weighted by molar-refractivity contribution is 0.242. The molecule has 118 valence electrons. The summed E-state index contributed by atoms with van der Waals surface area (Å²) in [5.41, 5.74) is 2.14. The van der Waals surface area contributed by atoms with Crippen LogP contribution < -0.4 is 10.1 Å². The molecule has 21 heavy (non-hydrogen) atoms. The molecule has 1 N–H and O–H groups in total. The molecule has 0 aromatic heterocycles. The topological polar surface area (TPSA) is 21.3 Å². The molecule has 2 rings (SSSR count). The average molecular weight is 289 g/mol. The van der Waals surface area contributed by atoms with Crippen LogP contribution in [0.3, 0.4) is 0 Å². The average Bonchev–Trinajstić information content (AvgIpc) is 2.78. The van der Waals surface area contributed by atoms with Gasteiger partial charge >= 0.3 is 0 Å². The molecular weight excluding hydrogens is 258 g/mol. The van der Waals surface area contributed by atoms with E-state index in [1.54, 1.807) is 0 Å². The van der Waals surface area contributed by atoms with Crippen LogP contribution in [0.15, 0.2) is 24.3 Å². The Morgan fingerprint density at radius 2 is 1.57 bits per heavy atom. The number of nitrogens with one attached hydrogen (secondary N) is 1. The van der Waals surface area contributed by atoms with E-state index < -0.39 is 0 Å². The maximum absolute atomic E-state index is 5.75. The van der Waals surface area contributed by atoms with E-state index in [2.05, 4.69) is 78.0 Å². The van der Waals surface area contributed by atoms with Crippen molar-refractivity contribution in [3.63, 3.8) is 0 Å². The second kappa shape index (κ2) is 5.64. The van der Waals surface area contributed by atoms with E-state index in [0.717, 1.165) is 12.3 Å². The summed E-state index contributed by atoms with van der Waals surface area (Å²) in [4.78, 5) is 0. The highest BCUT2D eigenvalue weighted by atomic mass is 16.5. The summed E-state index contributed by atoms with van der Waals surface area (Å²) >= 11 is 0. The van der Waals surface area contributed by atoms with Gasteiger partial charge in [0.25, 0.3) is 0 Å². The second-order valence-electron chi connectivity index (χ2n) is 7.69. The first-order valence-corrected chi connectivity index (χ1v) is 8.21. The third-order valence-corrected chi connectivity index (χ3v) is 5.50. The minimum atomic E-state index is 0.224. The van der Waals surface area contributed by atoms with Gasteiger partial charge in [0, 0.05) is 6.04 Å². The van der Waals surface area contributed by atoms with Crippen molar-refractivity contribution in [2.75, 3.05) is 6.54 Å². The molecule has 1 aliphatic rings. The van der Waals surface area contributed by atoms with Crippen LogP contribution in [0, 0.1) is 16.7 Å². The van der Waals surface area contributed by atoms with E-state index in [4.69, 9.17) is 4.74 Å². The van der Waals surface area contributed by atoms with Crippen molar-refractivity contribution >= 4 is 0 Å². The van der Waals surface area contributed by atoms with Crippen molar-refractivity contribution in [1.82, 2.24) is 5.32 Å². The van der Waals surface area contributed by atoms with Crippen molar-refractivity contribution in [3.05, 3.63) is 29.8 Å². The number of rotatable bonds is 6. The third kappa shape index (κ3) is 2.96. The molecule has 0 saturated heterocycles. The molecule has 1 fully saturated rings. The SMILES string of the molecule is CCNC(c1ccc(OC(C)C)cc1)C1C(C)(C)C1(C)C. The molecule has 2 heteroatoms. The van der Waals surface area contributed by atoms with Crippen LogP contribution in [-0.4, -0.2) is 12.6 Å². The zero-order chi connectivity index (χ0) is 15.8. The smallest absolute Gasteiger partial charge is 0.119 e. The molecule has 2 nitrogen and oxygen atoms in total. The Kier molecular flexibility index (Phi) is 4.39. The number of ether oxygens (including phenoxy) is 1. The van der Waals surface area contributed by atoms with Crippen molar-refractivity contribution in [2.45, 2.75) is 60.6 Å². The fourth-order valence-electron chi connectivity index (χ4n) is 3.75. The Hall–Kier alpha value is -1.02.